The van der Waals surface area contributed by atoms with Crippen LogP contribution in [0.25, 0.3) is 0 Å². The van der Waals surface area contributed by atoms with Gasteiger partial charge in [0.1, 0.15) is 12.2 Å². The SMILES string of the molecule is CC(=O)c1ccc(NC(=O)Cn2nc(C(F)F)cc2C2CC2)cc1. The van der Waals surface area contributed by atoms with Gasteiger partial charge in [0.25, 0.3) is 6.43 Å². The number of Topliss-reactive ketones (excluding diaryl/α,β-unsaturated/α-hetero) is 1. The molecule has 0 unspecified atom stereocenters. The average molecular weight is 333 g/mol. The minimum atomic E-state index is -2.65. The number of anilines is 1. The fourth-order valence-electron chi connectivity index (χ4n) is 2.52. The summed E-state index contributed by atoms with van der Waals surface area (Å²) in [5, 5.41) is 6.53. The molecule has 0 spiro atoms. The lowest BCUT2D eigenvalue weighted by molar-refractivity contribution is -0.117. The van der Waals surface area contributed by atoms with Crippen LogP contribution < -0.4 is 5.32 Å². The molecule has 1 heterocycles. The van der Waals surface area contributed by atoms with E-state index in [1.807, 2.05) is 0 Å². The summed E-state index contributed by atoms with van der Waals surface area (Å²) in [7, 11) is 0. The molecule has 1 aromatic carbocycles. The molecule has 1 N–H and O–H groups in total. The van der Waals surface area contributed by atoms with Crippen molar-refractivity contribution in [3.8, 4) is 0 Å². The topological polar surface area (TPSA) is 64.0 Å². The van der Waals surface area contributed by atoms with Crippen LogP contribution in [0.15, 0.2) is 30.3 Å². The molecule has 1 aromatic heterocycles. The highest BCUT2D eigenvalue weighted by Crippen LogP contribution is 2.41. The summed E-state index contributed by atoms with van der Waals surface area (Å²) in [6.07, 6.45) is -0.781. The van der Waals surface area contributed by atoms with Gasteiger partial charge in [0.15, 0.2) is 5.78 Å². The van der Waals surface area contributed by atoms with Crippen LogP contribution in [0.1, 0.15) is 53.9 Å². The van der Waals surface area contributed by atoms with E-state index in [0.29, 0.717) is 16.9 Å². The fourth-order valence-corrected chi connectivity index (χ4v) is 2.52. The van der Waals surface area contributed by atoms with E-state index >= 15 is 0 Å². The molecular weight excluding hydrogens is 316 g/mol. The first-order valence-corrected chi connectivity index (χ1v) is 7.70. The quantitative estimate of drug-likeness (QED) is 0.823. The van der Waals surface area contributed by atoms with Crippen molar-refractivity contribution in [2.24, 2.45) is 0 Å². The summed E-state index contributed by atoms with van der Waals surface area (Å²) in [4.78, 5) is 23.4. The number of carbonyl (C=O) groups excluding carboxylic acids is 2. The molecule has 1 aliphatic carbocycles. The average Bonchev–Trinajstić information content (AvgIpc) is 3.28. The molecule has 0 radical (unpaired) electrons. The molecule has 0 bridgehead atoms. The number of ketones is 1. The Morgan fingerprint density at radius 1 is 1.29 bits per heavy atom. The van der Waals surface area contributed by atoms with Gasteiger partial charge < -0.3 is 5.32 Å². The molecule has 0 saturated heterocycles. The molecule has 1 saturated carbocycles. The smallest absolute Gasteiger partial charge is 0.282 e. The molecule has 0 aliphatic heterocycles. The van der Waals surface area contributed by atoms with E-state index in [2.05, 4.69) is 10.4 Å². The number of rotatable bonds is 6. The number of hydrogen-bond acceptors (Lipinski definition) is 3. The first kappa shape index (κ1) is 16.3. The fraction of sp³-hybridized carbons (Fsp3) is 0.353. The van der Waals surface area contributed by atoms with E-state index in [1.165, 1.54) is 17.7 Å². The Bertz CT molecular complexity index is 765. The summed E-state index contributed by atoms with van der Waals surface area (Å²) >= 11 is 0. The second-order valence-electron chi connectivity index (χ2n) is 5.91. The van der Waals surface area contributed by atoms with Gasteiger partial charge in [-0.2, -0.15) is 5.10 Å². The summed E-state index contributed by atoms with van der Waals surface area (Å²) in [5.41, 5.74) is 1.49. The molecular formula is C17H17F2N3O2. The van der Waals surface area contributed by atoms with E-state index < -0.39 is 6.43 Å². The summed E-state index contributed by atoms with van der Waals surface area (Å²) in [6.45, 7) is 1.35. The number of aromatic nitrogens is 2. The van der Waals surface area contributed by atoms with Crippen molar-refractivity contribution >= 4 is 17.4 Å². The number of nitrogens with zero attached hydrogens (tertiary/aromatic N) is 2. The van der Waals surface area contributed by atoms with Crippen molar-refractivity contribution in [1.82, 2.24) is 9.78 Å². The Balaban J connectivity index is 1.69. The third kappa shape index (κ3) is 3.67. The highest BCUT2D eigenvalue weighted by atomic mass is 19.3. The maximum Gasteiger partial charge on any atom is 0.282 e. The maximum atomic E-state index is 12.8. The van der Waals surface area contributed by atoms with Crippen molar-refractivity contribution in [3.63, 3.8) is 0 Å². The standard InChI is InChI=1S/C17H17F2N3O2/c1-10(23)11-4-6-13(7-5-11)20-16(24)9-22-15(12-2-3-12)8-14(21-22)17(18)19/h4-8,12,17H,2-3,9H2,1H3,(H,20,24). The summed E-state index contributed by atoms with van der Waals surface area (Å²) in [5.74, 6) is -0.193. The van der Waals surface area contributed by atoms with Crippen molar-refractivity contribution in [1.29, 1.82) is 0 Å². The van der Waals surface area contributed by atoms with Crippen LogP contribution in [0, 0.1) is 0 Å². The number of carbonyl (C=O) groups is 2. The molecule has 126 valence electrons. The predicted molar refractivity (Wildman–Crippen MR) is 84.2 cm³/mol. The Kier molecular flexibility index (Phi) is 4.42. The van der Waals surface area contributed by atoms with Gasteiger partial charge in [-0.1, -0.05) is 0 Å². The van der Waals surface area contributed by atoms with E-state index in [0.717, 1.165) is 12.8 Å². The van der Waals surface area contributed by atoms with Crippen LogP contribution in [0.3, 0.4) is 0 Å². The Labute approximate surface area is 137 Å². The summed E-state index contributed by atoms with van der Waals surface area (Å²) < 4.78 is 27.0. The molecule has 1 aliphatic rings. The van der Waals surface area contributed by atoms with Crippen LogP contribution in [0.5, 0.6) is 0 Å². The Morgan fingerprint density at radius 3 is 2.50 bits per heavy atom. The zero-order valence-corrected chi connectivity index (χ0v) is 13.1. The Hall–Kier alpha value is -2.57. The monoisotopic (exact) mass is 333 g/mol. The minimum absolute atomic E-state index is 0.0574. The van der Waals surface area contributed by atoms with Gasteiger partial charge in [-0.25, -0.2) is 8.78 Å². The molecule has 5 nitrogen and oxygen atoms in total. The third-order valence-corrected chi connectivity index (χ3v) is 3.92. The molecule has 1 amide bonds. The van der Waals surface area contributed by atoms with Gasteiger partial charge in [-0.05, 0) is 50.1 Å². The van der Waals surface area contributed by atoms with Gasteiger partial charge in [0, 0.05) is 22.9 Å². The summed E-state index contributed by atoms with van der Waals surface area (Å²) in [6, 6.07) is 7.89. The molecule has 2 aromatic rings. The lowest BCUT2D eigenvalue weighted by Gasteiger charge is -2.08. The molecule has 0 atom stereocenters. The number of alkyl halides is 2. The largest absolute Gasteiger partial charge is 0.324 e. The highest BCUT2D eigenvalue weighted by Gasteiger charge is 2.30. The first-order valence-electron chi connectivity index (χ1n) is 7.70. The number of nitrogens with one attached hydrogen (secondary N) is 1. The number of benzene rings is 1. The van der Waals surface area contributed by atoms with Gasteiger partial charge in [0.2, 0.25) is 5.91 Å². The van der Waals surface area contributed by atoms with Crippen LogP contribution in [0.4, 0.5) is 14.5 Å². The van der Waals surface area contributed by atoms with Gasteiger partial charge in [0.05, 0.1) is 0 Å². The second-order valence-corrected chi connectivity index (χ2v) is 5.91. The third-order valence-electron chi connectivity index (χ3n) is 3.92. The number of amides is 1. The van der Waals surface area contributed by atoms with Crippen molar-refractivity contribution in [2.45, 2.75) is 38.7 Å². The number of halogens is 2. The van der Waals surface area contributed by atoms with E-state index in [9.17, 15) is 18.4 Å². The lowest BCUT2D eigenvalue weighted by Crippen LogP contribution is -2.21. The van der Waals surface area contributed by atoms with Crippen molar-refractivity contribution < 1.29 is 18.4 Å². The van der Waals surface area contributed by atoms with E-state index in [-0.39, 0.29) is 29.8 Å². The molecule has 7 heteroatoms. The van der Waals surface area contributed by atoms with E-state index in [4.69, 9.17) is 0 Å². The zero-order valence-electron chi connectivity index (χ0n) is 13.1. The molecule has 24 heavy (non-hydrogen) atoms. The van der Waals surface area contributed by atoms with Gasteiger partial charge in [-0.15, -0.1) is 0 Å². The second kappa shape index (κ2) is 6.51. The van der Waals surface area contributed by atoms with Crippen LogP contribution >= 0.6 is 0 Å². The van der Waals surface area contributed by atoms with Crippen molar-refractivity contribution in [3.05, 3.63) is 47.3 Å². The van der Waals surface area contributed by atoms with Crippen LogP contribution in [-0.2, 0) is 11.3 Å². The normalized spacial score (nSPS) is 14.0. The zero-order chi connectivity index (χ0) is 17.3. The maximum absolute atomic E-state index is 12.8. The van der Waals surface area contributed by atoms with Crippen molar-refractivity contribution in [2.75, 3.05) is 5.32 Å². The van der Waals surface area contributed by atoms with Crippen LogP contribution in [-0.4, -0.2) is 21.5 Å². The van der Waals surface area contributed by atoms with E-state index in [1.54, 1.807) is 24.3 Å². The lowest BCUT2D eigenvalue weighted by atomic mass is 10.1. The van der Waals surface area contributed by atoms with Crippen LogP contribution in [0.2, 0.25) is 0 Å². The molecule has 3 rings (SSSR count). The Morgan fingerprint density at radius 2 is 1.96 bits per heavy atom. The minimum Gasteiger partial charge on any atom is -0.324 e. The van der Waals surface area contributed by atoms with Gasteiger partial charge in [-0.3, -0.25) is 14.3 Å². The highest BCUT2D eigenvalue weighted by molar-refractivity contribution is 5.95. The van der Waals surface area contributed by atoms with Gasteiger partial charge >= 0.3 is 0 Å². The first-order chi connectivity index (χ1) is 11.4. The molecule has 1 fully saturated rings. The predicted octanol–water partition coefficient (Wildman–Crippen LogP) is 3.54. The number of hydrogen-bond donors (Lipinski definition) is 1.